The van der Waals surface area contributed by atoms with E-state index in [1.807, 2.05) is 12.1 Å². The lowest BCUT2D eigenvalue weighted by atomic mass is 10.2. The highest BCUT2D eigenvalue weighted by molar-refractivity contribution is 5.73. The van der Waals surface area contributed by atoms with Crippen LogP contribution in [0.25, 0.3) is 11.4 Å². The van der Waals surface area contributed by atoms with E-state index in [1.54, 1.807) is 12.1 Å². The zero-order valence-corrected chi connectivity index (χ0v) is 8.50. The first-order chi connectivity index (χ1) is 7.65. The lowest BCUT2D eigenvalue weighted by molar-refractivity contribution is -0.118. The van der Waals surface area contributed by atoms with Crippen LogP contribution in [0.15, 0.2) is 30.6 Å². The van der Waals surface area contributed by atoms with Gasteiger partial charge in [0.1, 0.15) is 12.9 Å². The molecule has 2 rings (SSSR count). The Labute approximate surface area is 91.9 Å². The highest BCUT2D eigenvalue weighted by atomic mass is 16.1. The highest BCUT2D eigenvalue weighted by Crippen LogP contribution is 2.15. The lowest BCUT2D eigenvalue weighted by Crippen LogP contribution is -2.18. The number of carbonyl (C=O) groups excluding carboxylic acids is 1. The fraction of sp³-hybridized carbons (Fsp3) is 0.100. The Morgan fingerprint density at radius 2 is 2.00 bits per heavy atom. The van der Waals surface area contributed by atoms with Gasteiger partial charge in [0.05, 0.1) is 0 Å². The summed E-state index contributed by atoms with van der Waals surface area (Å²) in [6.07, 6.45) is 1.47. The number of nitrogens with two attached hydrogens (primary N) is 2. The van der Waals surface area contributed by atoms with Crippen LogP contribution in [0.2, 0.25) is 0 Å². The maximum atomic E-state index is 10.7. The first-order valence-corrected chi connectivity index (χ1v) is 4.69. The molecular weight excluding hydrogens is 206 g/mol. The van der Waals surface area contributed by atoms with E-state index in [2.05, 4.69) is 10.1 Å². The monoisotopic (exact) mass is 217 g/mol. The van der Waals surface area contributed by atoms with Crippen molar-refractivity contribution < 1.29 is 4.79 Å². The van der Waals surface area contributed by atoms with Crippen molar-refractivity contribution in [1.29, 1.82) is 0 Å². The van der Waals surface area contributed by atoms with Crippen LogP contribution in [0.1, 0.15) is 0 Å². The van der Waals surface area contributed by atoms with Gasteiger partial charge in [-0.25, -0.2) is 9.67 Å². The molecule has 6 heteroatoms. The van der Waals surface area contributed by atoms with E-state index in [1.165, 1.54) is 11.0 Å². The van der Waals surface area contributed by atoms with Gasteiger partial charge in [0.15, 0.2) is 5.82 Å². The van der Waals surface area contributed by atoms with E-state index in [0.717, 1.165) is 5.56 Å². The molecule has 82 valence electrons. The van der Waals surface area contributed by atoms with Crippen molar-refractivity contribution in [2.75, 3.05) is 5.73 Å². The van der Waals surface area contributed by atoms with Crippen molar-refractivity contribution in [3.05, 3.63) is 30.6 Å². The van der Waals surface area contributed by atoms with Gasteiger partial charge in [-0.05, 0) is 24.3 Å². The molecule has 4 N–H and O–H groups in total. The zero-order chi connectivity index (χ0) is 11.5. The minimum absolute atomic E-state index is 0.0297. The predicted octanol–water partition coefficient (Wildman–Crippen LogP) is 0.0126. The summed E-state index contributed by atoms with van der Waals surface area (Å²) in [5.74, 6) is 0.0926. The SMILES string of the molecule is NC(=O)Cn1cnc(-c2ccc(N)cc2)n1. The number of benzene rings is 1. The molecule has 1 amide bonds. The quantitative estimate of drug-likeness (QED) is 0.707. The number of hydrogen-bond donors (Lipinski definition) is 2. The first-order valence-electron chi connectivity index (χ1n) is 4.69. The molecular formula is C10H11N5O. The molecule has 0 bridgehead atoms. The summed E-state index contributed by atoms with van der Waals surface area (Å²) < 4.78 is 1.40. The molecule has 1 heterocycles. The molecule has 1 aromatic carbocycles. The summed E-state index contributed by atoms with van der Waals surface area (Å²) in [5.41, 5.74) is 12.1. The van der Waals surface area contributed by atoms with Crippen LogP contribution in [0.5, 0.6) is 0 Å². The molecule has 1 aromatic heterocycles. The lowest BCUT2D eigenvalue weighted by Gasteiger charge is -1.96. The second-order valence-corrected chi connectivity index (χ2v) is 3.35. The number of anilines is 1. The van der Waals surface area contributed by atoms with Crippen LogP contribution in [0.3, 0.4) is 0 Å². The predicted molar refractivity (Wildman–Crippen MR) is 59.1 cm³/mol. The standard InChI is InChI=1S/C10H11N5O/c11-8-3-1-7(2-4-8)10-13-6-15(14-10)5-9(12)16/h1-4,6H,5,11H2,(H2,12,16). The van der Waals surface area contributed by atoms with Crippen LogP contribution < -0.4 is 11.5 Å². The van der Waals surface area contributed by atoms with E-state index < -0.39 is 5.91 Å². The normalized spacial score (nSPS) is 10.2. The second-order valence-electron chi connectivity index (χ2n) is 3.35. The van der Waals surface area contributed by atoms with Gasteiger partial charge in [-0.3, -0.25) is 4.79 Å². The average molecular weight is 217 g/mol. The van der Waals surface area contributed by atoms with Crippen molar-refractivity contribution in [1.82, 2.24) is 14.8 Å². The third-order valence-corrected chi connectivity index (χ3v) is 2.02. The molecule has 0 radical (unpaired) electrons. The number of rotatable bonds is 3. The molecule has 16 heavy (non-hydrogen) atoms. The molecule has 0 fully saturated rings. The van der Waals surface area contributed by atoms with Gasteiger partial charge in [-0.2, -0.15) is 5.10 Å². The number of nitrogens with zero attached hydrogens (tertiary/aromatic N) is 3. The van der Waals surface area contributed by atoms with Gasteiger partial charge >= 0.3 is 0 Å². The largest absolute Gasteiger partial charge is 0.399 e. The Hall–Kier alpha value is -2.37. The molecule has 0 spiro atoms. The summed E-state index contributed by atoms with van der Waals surface area (Å²) in [6, 6.07) is 7.17. The van der Waals surface area contributed by atoms with Crippen molar-refractivity contribution in [3.8, 4) is 11.4 Å². The summed E-state index contributed by atoms with van der Waals surface area (Å²) >= 11 is 0. The number of carbonyl (C=O) groups is 1. The number of hydrogen-bond acceptors (Lipinski definition) is 4. The molecule has 0 atom stereocenters. The number of aromatic nitrogens is 3. The number of amides is 1. The minimum Gasteiger partial charge on any atom is -0.399 e. The van der Waals surface area contributed by atoms with Gasteiger partial charge in [0.25, 0.3) is 0 Å². The summed E-state index contributed by atoms with van der Waals surface area (Å²) in [5, 5.41) is 4.11. The van der Waals surface area contributed by atoms with Crippen LogP contribution in [-0.2, 0) is 11.3 Å². The van der Waals surface area contributed by atoms with Gasteiger partial charge in [-0.1, -0.05) is 0 Å². The highest BCUT2D eigenvalue weighted by Gasteiger charge is 2.05. The number of primary amides is 1. The maximum Gasteiger partial charge on any atom is 0.239 e. The van der Waals surface area contributed by atoms with Gasteiger partial charge in [0, 0.05) is 11.3 Å². The number of nitrogen functional groups attached to an aromatic ring is 1. The van der Waals surface area contributed by atoms with Gasteiger partial charge in [-0.15, -0.1) is 0 Å². The minimum atomic E-state index is -0.450. The van der Waals surface area contributed by atoms with Crippen molar-refractivity contribution in [2.24, 2.45) is 5.73 Å². The first kappa shape index (κ1) is 10.2. The maximum absolute atomic E-state index is 10.7. The summed E-state index contributed by atoms with van der Waals surface area (Å²) in [4.78, 5) is 14.7. The fourth-order valence-corrected chi connectivity index (χ4v) is 1.29. The van der Waals surface area contributed by atoms with Crippen molar-refractivity contribution in [3.63, 3.8) is 0 Å². The molecule has 0 aliphatic rings. The Balaban J connectivity index is 2.24. The summed E-state index contributed by atoms with van der Waals surface area (Å²) in [6.45, 7) is 0.0297. The third kappa shape index (κ3) is 2.17. The van der Waals surface area contributed by atoms with E-state index in [9.17, 15) is 4.79 Å². The molecule has 2 aromatic rings. The van der Waals surface area contributed by atoms with Crippen LogP contribution in [0.4, 0.5) is 5.69 Å². The Bertz CT molecular complexity index is 502. The summed E-state index contributed by atoms with van der Waals surface area (Å²) in [7, 11) is 0. The van der Waals surface area contributed by atoms with Crippen molar-refractivity contribution >= 4 is 11.6 Å². The average Bonchev–Trinajstić information content (AvgIpc) is 2.66. The smallest absolute Gasteiger partial charge is 0.239 e. The molecule has 0 aliphatic heterocycles. The van der Waals surface area contributed by atoms with E-state index >= 15 is 0 Å². The molecule has 0 unspecified atom stereocenters. The van der Waals surface area contributed by atoms with Gasteiger partial charge < -0.3 is 11.5 Å². The van der Waals surface area contributed by atoms with Crippen LogP contribution in [-0.4, -0.2) is 20.7 Å². The molecule has 0 saturated heterocycles. The Morgan fingerprint density at radius 1 is 1.31 bits per heavy atom. The molecule has 6 nitrogen and oxygen atoms in total. The molecule has 0 aliphatic carbocycles. The van der Waals surface area contributed by atoms with Gasteiger partial charge in [0.2, 0.25) is 5.91 Å². The third-order valence-electron chi connectivity index (χ3n) is 2.02. The molecule has 0 saturated carbocycles. The van der Waals surface area contributed by atoms with Crippen LogP contribution in [0, 0.1) is 0 Å². The Morgan fingerprint density at radius 3 is 2.62 bits per heavy atom. The Kier molecular flexibility index (Phi) is 2.55. The van der Waals surface area contributed by atoms with E-state index in [-0.39, 0.29) is 6.54 Å². The van der Waals surface area contributed by atoms with Crippen LogP contribution >= 0.6 is 0 Å². The van der Waals surface area contributed by atoms with E-state index in [0.29, 0.717) is 11.5 Å². The van der Waals surface area contributed by atoms with E-state index in [4.69, 9.17) is 11.5 Å². The van der Waals surface area contributed by atoms with Crippen molar-refractivity contribution in [2.45, 2.75) is 6.54 Å². The zero-order valence-electron chi connectivity index (χ0n) is 8.50. The fourth-order valence-electron chi connectivity index (χ4n) is 1.29. The topological polar surface area (TPSA) is 99.8 Å². The second kappa shape index (κ2) is 4.01.